The van der Waals surface area contributed by atoms with E-state index in [2.05, 4.69) is 58.4 Å². The molecule has 188 valence electrons. The van der Waals surface area contributed by atoms with Crippen molar-refractivity contribution < 1.29 is 24.8 Å². The Kier molecular flexibility index (Phi) is 6.99. The minimum atomic E-state index is -1.21. The number of nitrogens with zero attached hydrogens (tertiary/aromatic N) is 4. The molecule has 1 aliphatic heterocycles. The van der Waals surface area contributed by atoms with Crippen LogP contribution in [0.15, 0.2) is 36.9 Å². The summed E-state index contributed by atoms with van der Waals surface area (Å²) in [6.45, 7) is 4.53. The highest BCUT2D eigenvalue weighted by molar-refractivity contribution is 5.82. The summed E-state index contributed by atoms with van der Waals surface area (Å²) in [5.41, 5.74) is 3.48. The van der Waals surface area contributed by atoms with Crippen LogP contribution < -0.4 is 5.32 Å². The third-order valence-electron chi connectivity index (χ3n) is 7.04. The molecule has 2 aliphatic rings. The van der Waals surface area contributed by atoms with Gasteiger partial charge in [0.1, 0.15) is 24.6 Å². The van der Waals surface area contributed by atoms with E-state index in [1.54, 1.807) is 4.57 Å². The van der Waals surface area contributed by atoms with Gasteiger partial charge < -0.3 is 30.1 Å². The van der Waals surface area contributed by atoms with E-state index in [4.69, 9.17) is 9.47 Å². The van der Waals surface area contributed by atoms with Gasteiger partial charge in [0.15, 0.2) is 23.2 Å². The van der Waals surface area contributed by atoms with Gasteiger partial charge >= 0.3 is 0 Å². The number of imidazole rings is 1. The highest BCUT2D eigenvalue weighted by atomic mass is 16.6. The monoisotopic (exact) mass is 483 g/mol. The van der Waals surface area contributed by atoms with Crippen molar-refractivity contribution in [3.8, 4) is 0 Å². The summed E-state index contributed by atoms with van der Waals surface area (Å²) in [6, 6.07) is 8.67. The van der Waals surface area contributed by atoms with E-state index in [9.17, 15) is 15.3 Å². The van der Waals surface area contributed by atoms with Crippen molar-refractivity contribution in [2.45, 2.75) is 82.3 Å². The molecule has 1 aliphatic carbocycles. The van der Waals surface area contributed by atoms with E-state index in [0.29, 0.717) is 29.5 Å². The van der Waals surface area contributed by atoms with Crippen LogP contribution in [0.4, 0.5) is 5.82 Å². The van der Waals surface area contributed by atoms with Gasteiger partial charge in [0.2, 0.25) is 0 Å². The van der Waals surface area contributed by atoms with Crippen molar-refractivity contribution in [1.29, 1.82) is 0 Å². The zero-order valence-electron chi connectivity index (χ0n) is 20.0. The molecule has 6 unspecified atom stereocenters. The Balaban J connectivity index is 1.28. The van der Waals surface area contributed by atoms with Crippen LogP contribution in [-0.2, 0) is 16.1 Å². The third-order valence-corrected chi connectivity index (χ3v) is 7.04. The SMILES string of the molecule is CC(C)c1ccc(COC2CCCC2Nc2ncnc3c2ncn3C2OC(CO)C(O)C2O)cc1. The number of benzene rings is 1. The second-order valence-corrected chi connectivity index (χ2v) is 9.70. The van der Waals surface area contributed by atoms with Crippen LogP contribution in [0.25, 0.3) is 11.2 Å². The molecule has 3 heterocycles. The third kappa shape index (κ3) is 4.76. The molecule has 0 radical (unpaired) electrons. The molecule has 6 atom stereocenters. The van der Waals surface area contributed by atoms with E-state index in [1.165, 1.54) is 18.2 Å². The Labute approximate surface area is 204 Å². The summed E-state index contributed by atoms with van der Waals surface area (Å²) in [7, 11) is 0. The molecule has 0 amide bonds. The molecular weight excluding hydrogens is 450 g/mol. The first-order chi connectivity index (χ1) is 17.0. The molecule has 5 rings (SSSR count). The number of aliphatic hydroxyl groups excluding tert-OH is 3. The highest BCUT2D eigenvalue weighted by Crippen LogP contribution is 2.33. The van der Waals surface area contributed by atoms with E-state index >= 15 is 0 Å². The molecule has 10 nitrogen and oxygen atoms in total. The zero-order valence-corrected chi connectivity index (χ0v) is 20.0. The average molecular weight is 484 g/mol. The van der Waals surface area contributed by atoms with E-state index in [0.717, 1.165) is 24.8 Å². The smallest absolute Gasteiger partial charge is 0.167 e. The Bertz CT molecular complexity index is 1140. The second-order valence-electron chi connectivity index (χ2n) is 9.70. The molecule has 10 heteroatoms. The first kappa shape index (κ1) is 24.1. The van der Waals surface area contributed by atoms with Crippen molar-refractivity contribution in [2.75, 3.05) is 11.9 Å². The molecule has 0 bridgehead atoms. The Morgan fingerprint density at radius 2 is 1.91 bits per heavy atom. The zero-order chi connectivity index (χ0) is 24.5. The predicted molar refractivity (Wildman–Crippen MR) is 129 cm³/mol. The predicted octanol–water partition coefficient (Wildman–Crippen LogP) is 2.11. The fraction of sp³-hybridized carbons (Fsp3) is 0.560. The number of nitrogens with one attached hydrogen (secondary N) is 1. The Morgan fingerprint density at radius 1 is 1.11 bits per heavy atom. The van der Waals surface area contributed by atoms with Crippen LogP contribution in [0, 0.1) is 0 Å². The number of hydrogen-bond donors (Lipinski definition) is 4. The van der Waals surface area contributed by atoms with Gasteiger partial charge in [0, 0.05) is 0 Å². The van der Waals surface area contributed by atoms with Gasteiger partial charge in [-0.05, 0) is 36.3 Å². The van der Waals surface area contributed by atoms with Gasteiger partial charge in [-0.3, -0.25) is 4.57 Å². The van der Waals surface area contributed by atoms with Gasteiger partial charge in [-0.1, -0.05) is 38.1 Å². The molecule has 1 saturated carbocycles. The average Bonchev–Trinajstić information content (AvgIpc) is 3.57. The summed E-state index contributed by atoms with van der Waals surface area (Å²) in [4.78, 5) is 13.2. The van der Waals surface area contributed by atoms with Crippen molar-refractivity contribution in [2.24, 2.45) is 0 Å². The summed E-state index contributed by atoms with van der Waals surface area (Å²) in [5.74, 6) is 1.09. The van der Waals surface area contributed by atoms with Crippen molar-refractivity contribution >= 4 is 17.0 Å². The lowest BCUT2D eigenvalue weighted by Crippen LogP contribution is -2.33. The van der Waals surface area contributed by atoms with Crippen LogP contribution in [0.5, 0.6) is 0 Å². The molecule has 2 fully saturated rings. The lowest BCUT2D eigenvalue weighted by atomic mass is 10.0. The van der Waals surface area contributed by atoms with E-state index < -0.39 is 31.1 Å². The fourth-order valence-corrected chi connectivity index (χ4v) is 4.92. The maximum atomic E-state index is 10.4. The largest absolute Gasteiger partial charge is 0.394 e. The standard InChI is InChI=1S/C25H33N5O5/c1-14(2)16-8-6-15(7-9-16)11-34-18-5-3-4-17(18)29-23-20-24(27-12-26-23)30(13-28-20)25-22(33)21(32)19(10-31)35-25/h6-9,12-14,17-19,21-22,25,31-33H,3-5,10-11H2,1-2H3,(H,26,27,29). The van der Waals surface area contributed by atoms with Gasteiger partial charge in [0.25, 0.3) is 0 Å². The van der Waals surface area contributed by atoms with Crippen LogP contribution in [0.1, 0.15) is 56.4 Å². The quantitative estimate of drug-likeness (QED) is 0.380. The van der Waals surface area contributed by atoms with Crippen molar-refractivity contribution in [3.63, 3.8) is 0 Å². The molecule has 4 N–H and O–H groups in total. The minimum Gasteiger partial charge on any atom is -0.394 e. The summed E-state index contributed by atoms with van der Waals surface area (Å²) in [5, 5.41) is 33.4. The summed E-state index contributed by atoms with van der Waals surface area (Å²) < 4.78 is 13.5. The van der Waals surface area contributed by atoms with Crippen LogP contribution in [0.2, 0.25) is 0 Å². The van der Waals surface area contributed by atoms with Gasteiger partial charge in [-0.25, -0.2) is 15.0 Å². The number of aromatic nitrogens is 4. The van der Waals surface area contributed by atoms with E-state index in [1.807, 2.05) is 0 Å². The minimum absolute atomic E-state index is 0.0484. The van der Waals surface area contributed by atoms with Crippen LogP contribution in [-0.4, -0.2) is 71.9 Å². The summed E-state index contributed by atoms with van der Waals surface area (Å²) in [6.07, 6.45) is 1.79. The first-order valence-corrected chi connectivity index (χ1v) is 12.2. The van der Waals surface area contributed by atoms with Crippen molar-refractivity contribution in [3.05, 3.63) is 48.0 Å². The maximum Gasteiger partial charge on any atom is 0.167 e. The maximum absolute atomic E-state index is 10.4. The van der Waals surface area contributed by atoms with Gasteiger partial charge in [0.05, 0.1) is 31.7 Å². The Morgan fingerprint density at radius 3 is 2.63 bits per heavy atom. The van der Waals surface area contributed by atoms with Gasteiger partial charge in [-0.15, -0.1) is 0 Å². The lowest BCUT2D eigenvalue weighted by molar-refractivity contribution is -0.0511. The van der Waals surface area contributed by atoms with Crippen LogP contribution >= 0.6 is 0 Å². The highest BCUT2D eigenvalue weighted by Gasteiger charge is 2.44. The molecule has 3 aromatic rings. The first-order valence-electron chi connectivity index (χ1n) is 12.2. The number of hydrogen-bond acceptors (Lipinski definition) is 9. The topological polar surface area (TPSA) is 135 Å². The molecule has 35 heavy (non-hydrogen) atoms. The number of anilines is 1. The van der Waals surface area contributed by atoms with Gasteiger partial charge in [-0.2, -0.15) is 0 Å². The number of fused-ring (bicyclic) bond motifs is 1. The number of ether oxygens (including phenoxy) is 2. The lowest BCUT2D eigenvalue weighted by Gasteiger charge is -2.22. The molecular formula is C25H33N5O5. The second kappa shape index (κ2) is 10.2. The van der Waals surface area contributed by atoms with Crippen molar-refractivity contribution in [1.82, 2.24) is 19.5 Å². The number of rotatable bonds is 8. The number of aliphatic hydroxyl groups is 3. The summed E-state index contributed by atoms with van der Waals surface area (Å²) >= 11 is 0. The Hall–Kier alpha value is -2.63. The van der Waals surface area contributed by atoms with Crippen LogP contribution in [0.3, 0.4) is 0 Å². The molecule has 2 aromatic heterocycles. The van der Waals surface area contributed by atoms with E-state index in [-0.39, 0.29) is 12.1 Å². The normalized spacial score (nSPS) is 28.9. The molecule has 1 saturated heterocycles. The fourth-order valence-electron chi connectivity index (χ4n) is 4.92. The molecule has 1 aromatic carbocycles. The molecule has 0 spiro atoms.